The van der Waals surface area contributed by atoms with Crippen LogP contribution in [0.4, 0.5) is 0 Å². The minimum Gasteiger partial charge on any atom is -0.465 e. The van der Waals surface area contributed by atoms with Gasteiger partial charge in [0.15, 0.2) is 5.75 Å². The molecule has 0 bridgehead atoms. The molecule has 7 heteroatoms. The molecule has 0 radical (unpaired) electrons. The van der Waals surface area contributed by atoms with E-state index in [4.69, 9.17) is 5.11 Å². The number of nitrogens with zero attached hydrogens (tertiary/aromatic N) is 1. The van der Waals surface area contributed by atoms with Crippen molar-refractivity contribution >= 4 is 16.0 Å². The zero-order chi connectivity index (χ0) is 13.5. The second kappa shape index (κ2) is 7.62. The lowest BCUT2D eigenvalue weighted by Gasteiger charge is -2.25. The van der Waals surface area contributed by atoms with Crippen molar-refractivity contribution in [2.45, 2.75) is 33.2 Å². The number of carbonyl (C=O) groups excluding carboxylic acids is 1. The molecule has 0 rings (SSSR count). The molecule has 0 fully saturated rings. The number of aliphatic hydroxyl groups excluding tert-OH is 1. The number of hydrogen-bond acceptors (Lipinski definition) is 5. The summed E-state index contributed by atoms with van der Waals surface area (Å²) in [6, 6.07) is -0.249. The van der Waals surface area contributed by atoms with Crippen molar-refractivity contribution in [2.75, 3.05) is 25.5 Å². The number of carbonyl (C=O) groups is 1. The van der Waals surface area contributed by atoms with E-state index < -0.39 is 21.7 Å². The molecule has 102 valence electrons. The monoisotopic (exact) mass is 267 g/mol. The summed E-state index contributed by atoms with van der Waals surface area (Å²) in [7, 11) is -3.67. The lowest BCUT2D eigenvalue weighted by molar-refractivity contribution is -0.140. The fourth-order valence-electron chi connectivity index (χ4n) is 1.38. The standard InChI is InChI=1S/C10H21NO5S/c1-4-16-10(13)8-17(14,15)11(9(2)3)6-5-7-12/h9,12H,4-8H2,1-3H3. The second-order valence-electron chi connectivity index (χ2n) is 3.84. The zero-order valence-corrected chi connectivity index (χ0v) is 11.4. The molecule has 0 heterocycles. The molecular formula is C10H21NO5S. The van der Waals surface area contributed by atoms with Crippen molar-refractivity contribution in [2.24, 2.45) is 0 Å². The molecule has 17 heavy (non-hydrogen) atoms. The molecule has 0 aromatic carbocycles. The van der Waals surface area contributed by atoms with Gasteiger partial charge in [0.25, 0.3) is 0 Å². The van der Waals surface area contributed by atoms with Gasteiger partial charge in [-0.3, -0.25) is 4.79 Å². The molecule has 1 N–H and O–H groups in total. The summed E-state index contributed by atoms with van der Waals surface area (Å²) >= 11 is 0. The number of ether oxygens (including phenoxy) is 1. The summed E-state index contributed by atoms with van der Waals surface area (Å²) < 4.78 is 29.6. The predicted molar refractivity (Wildman–Crippen MR) is 64.0 cm³/mol. The van der Waals surface area contributed by atoms with Gasteiger partial charge in [-0.25, -0.2) is 8.42 Å². The van der Waals surface area contributed by atoms with Crippen molar-refractivity contribution in [3.63, 3.8) is 0 Å². The van der Waals surface area contributed by atoms with Crippen LogP contribution in [-0.4, -0.2) is 55.4 Å². The highest BCUT2D eigenvalue weighted by Gasteiger charge is 2.27. The van der Waals surface area contributed by atoms with Gasteiger partial charge in [-0.2, -0.15) is 4.31 Å². The average molecular weight is 267 g/mol. The number of sulfonamides is 1. The molecule has 0 atom stereocenters. The molecule has 0 unspecified atom stereocenters. The molecule has 0 aliphatic carbocycles. The average Bonchev–Trinajstić information content (AvgIpc) is 2.16. The van der Waals surface area contributed by atoms with Crippen molar-refractivity contribution in [3.8, 4) is 0 Å². The lowest BCUT2D eigenvalue weighted by Crippen LogP contribution is -2.41. The van der Waals surface area contributed by atoms with Crippen LogP contribution < -0.4 is 0 Å². The van der Waals surface area contributed by atoms with Crippen LogP contribution in [-0.2, 0) is 19.6 Å². The Balaban J connectivity index is 4.66. The largest absolute Gasteiger partial charge is 0.465 e. The Hall–Kier alpha value is -0.660. The highest BCUT2D eigenvalue weighted by atomic mass is 32.2. The quantitative estimate of drug-likeness (QED) is 0.624. The van der Waals surface area contributed by atoms with Crippen molar-refractivity contribution in [1.82, 2.24) is 4.31 Å². The van der Waals surface area contributed by atoms with Gasteiger partial charge >= 0.3 is 5.97 Å². The first-order chi connectivity index (χ1) is 7.85. The summed E-state index contributed by atoms with van der Waals surface area (Å²) in [5.74, 6) is -1.40. The van der Waals surface area contributed by atoms with Gasteiger partial charge in [0.1, 0.15) is 0 Å². The molecule has 0 aliphatic rings. The molecule has 0 saturated carbocycles. The van der Waals surface area contributed by atoms with Crippen LogP contribution >= 0.6 is 0 Å². The van der Waals surface area contributed by atoms with Gasteiger partial charge in [0, 0.05) is 19.2 Å². The third-order valence-corrected chi connectivity index (χ3v) is 3.99. The fourth-order valence-corrected chi connectivity index (χ4v) is 2.98. The summed E-state index contributed by atoms with van der Waals surface area (Å²) in [5, 5.41) is 8.72. The Kier molecular flexibility index (Phi) is 7.33. The van der Waals surface area contributed by atoms with Gasteiger partial charge in [0.05, 0.1) is 6.61 Å². The van der Waals surface area contributed by atoms with E-state index in [-0.39, 0.29) is 25.8 Å². The van der Waals surface area contributed by atoms with Crippen molar-refractivity contribution in [1.29, 1.82) is 0 Å². The van der Waals surface area contributed by atoms with E-state index in [0.29, 0.717) is 6.42 Å². The van der Waals surface area contributed by atoms with Crippen LogP contribution in [0.2, 0.25) is 0 Å². The van der Waals surface area contributed by atoms with Crippen molar-refractivity contribution in [3.05, 3.63) is 0 Å². The summed E-state index contributed by atoms with van der Waals surface area (Å²) in [5.41, 5.74) is 0. The van der Waals surface area contributed by atoms with E-state index in [1.807, 2.05) is 0 Å². The molecule has 0 amide bonds. The van der Waals surface area contributed by atoms with E-state index >= 15 is 0 Å². The maximum Gasteiger partial charge on any atom is 0.322 e. The fraction of sp³-hybridized carbons (Fsp3) is 0.900. The second-order valence-corrected chi connectivity index (χ2v) is 5.76. The van der Waals surface area contributed by atoms with E-state index in [0.717, 1.165) is 0 Å². The SMILES string of the molecule is CCOC(=O)CS(=O)(=O)N(CCCO)C(C)C. The van der Waals surface area contributed by atoms with Crippen LogP contribution in [0.15, 0.2) is 0 Å². The van der Waals surface area contributed by atoms with Crippen LogP contribution in [0.3, 0.4) is 0 Å². The first kappa shape index (κ1) is 16.3. The first-order valence-electron chi connectivity index (χ1n) is 5.61. The molecule has 0 aromatic rings. The Morgan fingerprint density at radius 3 is 2.41 bits per heavy atom. The Morgan fingerprint density at radius 2 is 2.00 bits per heavy atom. The zero-order valence-electron chi connectivity index (χ0n) is 10.5. The summed E-state index contributed by atoms with van der Waals surface area (Å²) in [6.45, 7) is 5.34. The normalized spacial score (nSPS) is 12.1. The van der Waals surface area contributed by atoms with Gasteiger partial charge < -0.3 is 9.84 Å². The molecule has 0 aromatic heterocycles. The highest BCUT2D eigenvalue weighted by Crippen LogP contribution is 2.09. The van der Waals surface area contributed by atoms with E-state index in [9.17, 15) is 13.2 Å². The van der Waals surface area contributed by atoms with Gasteiger partial charge in [-0.1, -0.05) is 0 Å². The van der Waals surface area contributed by atoms with E-state index in [1.54, 1.807) is 20.8 Å². The predicted octanol–water partition coefficient (Wildman–Crippen LogP) is -0.0279. The maximum atomic E-state index is 11.9. The Morgan fingerprint density at radius 1 is 1.41 bits per heavy atom. The number of esters is 1. The summed E-state index contributed by atoms with van der Waals surface area (Å²) in [4.78, 5) is 11.2. The van der Waals surface area contributed by atoms with Crippen LogP contribution in [0, 0.1) is 0 Å². The van der Waals surface area contributed by atoms with Crippen LogP contribution in [0.25, 0.3) is 0 Å². The first-order valence-corrected chi connectivity index (χ1v) is 7.22. The third kappa shape index (κ3) is 5.99. The van der Waals surface area contributed by atoms with E-state index in [1.165, 1.54) is 4.31 Å². The Bertz CT molecular complexity index is 326. The molecule has 6 nitrogen and oxygen atoms in total. The van der Waals surface area contributed by atoms with Crippen LogP contribution in [0.1, 0.15) is 27.2 Å². The molecule has 0 aliphatic heterocycles. The topological polar surface area (TPSA) is 83.9 Å². The number of aliphatic hydroxyl groups is 1. The molecule has 0 spiro atoms. The van der Waals surface area contributed by atoms with Gasteiger partial charge in [0.2, 0.25) is 10.0 Å². The third-order valence-electron chi connectivity index (χ3n) is 2.08. The minimum absolute atomic E-state index is 0.0852. The number of hydrogen-bond donors (Lipinski definition) is 1. The Labute approximate surface area is 103 Å². The maximum absolute atomic E-state index is 11.9. The van der Waals surface area contributed by atoms with Gasteiger partial charge in [-0.05, 0) is 27.2 Å². The smallest absolute Gasteiger partial charge is 0.322 e. The molecular weight excluding hydrogens is 246 g/mol. The highest BCUT2D eigenvalue weighted by molar-refractivity contribution is 7.89. The number of rotatable bonds is 8. The molecule has 0 saturated heterocycles. The lowest BCUT2D eigenvalue weighted by atomic mass is 10.3. The minimum atomic E-state index is -3.67. The van der Waals surface area contributed by atoms with Crippen molar-refractivity contribution < 1.29 is 23.1 Å². The van der Waals surface area contributed by atoms with Gasteiger partial charge in [-0.15, -0.1) is 0 Å². The van der Waals surface area contributed by atoms with Crippen LogP contribution in [0.5, 0.6) is 0 Å². The van der Waals surface area contributed by atoms with E-state index in [2.05, 4.69) is 4.74 Å². The summed E-state index contributed by atoms with van der Waals surface area (Å²) in [6.07, 6.45) is 0.347.